The van der Waals surface area contributed by atoms with Crippen molar-refractivity contribution >= 4 is 39.5 Å². The molecule has 1 N–H and O–H groups in total. The van der Waals surface area contributed by atoms with Crippen LogP contribution in [0.15, 0.2) is 36.4 Å². The monoisotopic (exact) mass is 449 g/mol. The van der Waals surface area contributed by atoms with Crippen molar-refractivity contribution in [3.05, 3.63) is 62.7 Å². The van der Waals surface area contributed by atoms with Crippen molar-refractivity contribution in [1.29, 1.82) is 0 Å². The summed E-state index contributed by atoms with van der Waals surface area (Å²) in [5.74, 6) is 0.299. The molecule has 1 amide bonds. The largest absolute Gasteiger partial charge is 0.340 e. The smallest absolute Gasteiger partial charge is 0.254 e. The molecule has 0 saturated carbocycles. The van der Waals surface area contributed by atoms with Gasteiger partial charge in [-0.3, -0.25) is 4.79 Å². The Morgan fingerprint density at radius 2 is 2.16 bits per heavy atom. The van der Waals surface area contributed by atoms with Gasteiger partial charge in [-0.2, -0.15) is 0 Å². The average Bonchev–Trinajstić information content (AvgIpc) is 3.22. The Labute approximate surface area is 158 Å². The van der Waals surface area contributed by atoms with E-state index in [-0.39, 0.29) is 17.8 Å². The fourth-order valence-electron chi connectivity index (χ4n) is 3.39. The lowest BCUT2D eigenvalue weighted by molar-refractivity contribution is 0.0730. The lowest BCUT2D eigenvalue weighted by Crippen LogP contribution is -2.31. The highest BCUT2D eigenvalue weighted by atomic mass is 127. The SMILES string of the molecule is Cc1ccc2nc(C3CCCN3C(=O)c3ccc(I)c(F)c3)[nH]c2c1. The molecular weight excluding hydrogens is 432 g/mol. The van der Waals surface area contributed by atoms with Gasteiger partial charge in [0, 0.05) is 15.7 Å². The maximum atomic E-state index is 13.8. The fraction of sp³-hybridized carbons (Fsp3) is 0.263. The molecule has 3 aromatic rings. The molecule has 0 bridgehead atoms. The summed E-state index contributed by atoms with van der Waals surface area (Å²) in [5, 5.41) is 0. The Bertz CT molecular complexity index is 968. The highest BCUT2D eigenvalue weighted by molar-refractivity contribution is 14.1. The van der Waals surface area contributed by atoms with Crippen LogP contribution < -0.4 is 0 Å². The van der Waals surface area contributed by atoms with E-state index in [1.165, 1.54) is 6.07 Å². The van der Waals surface area contributed by atoms with Gasteiger partial charge < -0.3 is 9.88 Å². The van der Waals surface area contributed by atoms with Crippen molar-refractivity contribution in [3.63, 3.8) is 0 Å². The quantitative estimate of drug-likeness (QED) is 0.582. The molecule has 4 nitrogen and oxygen atoms in total. The third-order valence-electron chi connectivity index (χ3n) is 4.65. The topological polar surface area (TPSA) is 49.0 Å². The molecule has 1 atom stereocenters. The zero-order valence-corrected chi connectivity index (χ0v) is 15.9. The number of carbonyl (C=O) groups is 1. The number of likely N-dealkylation sites (tertiary alicyclic amines) is 1. The third-order valence-corrected chi connectivity index (χ3v) is 5.53. The minimum absolute atomic E-state index is 0.0949. The van der Waals surface area contributed by atoms with E-state index < -0.39 is 0 Å². The molecule has 2 heterocycles. The number of nitrogens with one attached hydrogen (secondary N) is 1. The van der Waals surface area contributed by atoms with Crippen LogP contribution in [-0.4, -0.2) is 27.3 Å². The highest BCUT2D eigenvalue weighted by Gasteiger charge is 2.32. The number of hydrogen-bond acceptors (Lipinski definition) is 2. The minimum atomic E-state index is -0.360. The maximum Gasteiger partial charge on any atom is 0.254 e. The van der Waals surface area contributed by atoms with Gasteiger partial charge in [0.25, 0.3) is 5.91 Å². The molecule has 1 fully saturated rings. The Morgan fingerprint density at radius 1 is 1.32 bits per heavy atom. The molecule has 25 heavy (non-hydrogen) atoms. The number of H-pyrrole nitrogens is 1. The maximum absolute atomic E-state index is 13.8. The number of amides is 1. The van der Waals surface area contributed by atoms with Crippen LogP contribution in [0, 0.1) is 16.3 Å². The average molecular weight is 449 g/mol. The molecule has 0 spiro atoms. The number of imidazole rings is 1. The van der Waals surface area contributed by atoms with Crippen molar-refractivity contribution in [2.75, 3.05) is 6.54 Å². The summed E-state index contributed by atoms with van der Waals surface area (Å²) in [6.07, 6.45) is 1.77. The third kappa shape index (κ3) is 3.03. The van der Waals surface area contributed by atoms with Gasteiger partial charge in [-0.1, -0.05) is 6.07 Å². The Hall–Kier alpha value is -1.96. The molecule has 6 heteroatoms. The zero-order chi connectivity index (χ0) is 17.6. The summed E-state index contributed by atoms with van der Waals surface area (Å²) in [7, 11) is 0. The first-order valence-electron chi connectivity index (χ1n) is 8.25. The first-order valence-corrected chi connectivity index (χ1v) is 9.33. The summed E-state index contributed by atoms with van der Waals surface area (Å²) < 4.78 is 14.3. The van der Waals surface area contributed by atoms with Gasteiger partial charge in [-0.15, -0.1) is 0 Å². The van der Waals surface area contributed by atoms with Crippen molar-refractivity contribution < 1.29 is 9.18 Å². The molecule has 0 aliphatic carbocycles. The van der Waals surface area contributed by atoms with E-state index in [9.17, 15) is 9.18 Å². The van der Waals surface area contributed by atoms with Crippen LogP contribution in [0.5, 0.6) is 0 Å². The number of fused-ring (bicyclic) bond motifs is 1. The molecule has 128 valence electrons. The Kier molecular flexibility index (Phi) is 4.23. The number of carbonyl (C=O) groups excluding carboxylic acids is 1. The molecule has 1 saturated heterocycles. The normalized spacial score (nSPS) is 17.4. The van der Waals surface area contributed by atoms with Crippen LogP contribution in [-0.2, 0) is 0 Å². The first-order chi connectivity index (χ1) is 12.0. The number of nitrogens with zero attached hydrogens (tertiary/aromatic N) is 2. The molecular formula is C19H17FIN3O. The number of aryl methyl sites for hydroxylation is 1. The zero-order valence-electron chi connectivity index (χ0n) is 13.7. The summed E-state index contributed by atoms with van der Waals surface area (Å²) in [4.78, 5) is 22.7. The van der Waals surface area contributed by atoms with Gasteiger partial charge in [0.2, 0.25) is 0 Å². The van der Waals surface area contributed by atoms with Crippen LogP contribution in [0.2, 0.25) is 0 Å². The number of halogens is 2. The van der Waals surface area contributed by atoms with Gasteiger partial charge >= 0.3 is 0 Å². The van der Waals surface area contributed by atoms with E-state index in [2.05, 4.69) is 16.0 Å². The van der Waals surface area contributed by atoms with E-state index in [1.807, 2.05) is 41.6 Å². The second kappa shape index (κ2) is 6.40. The molecule has 0 radical (unpaired) electrons. The number of rotatable bonds is 2. The van der Waals surface area contributed by atoms with Gasteiger partial charge in [0.15, 0.2) is 0 Å². The van der Waals surface area contributed by atoms with E-state index in [0.717, 1.165) is 35.3 Å². The van der Waals surface area contributed by atoms with Gasteiger partial charge in [0.05, 0.1) is 17.1 Å². The molecule has 4 rings (SSSR count). The molecule has 1 aromatic heterocycles. The van der Waals surface area contributed by atoms with Crippen LogP contribution in [0.4, 0.5) is 4.39 Å². The van der Waals surface area contributed by atoms with Gasteiger partial charge in [-0.25, -0.2) is 9.37 Å². The lowest BCUT2D eigenvalue weighted by atomic mass is 10.1. The van der Waals surface area contributed by atoms with E-state index in [4.69, 9.17) is 0 Å². The van der Waals surface area contributed by atoms with Crippen LogP contribution in [0.25, 0.3) is 11.0 Å². The van der Waals surface area contributed by atoms with Crippen LogP contribution >= 0.6 is 22.6 Å². The summed E-state index contributed by atoms with van der Waals surface area (Å²) >= 11 is 1.92. The highest BCUT2D eigenvalue weighted by Crippen LogP contribution is 2.33. The van der Waals surface area contributed by atoms with E-state index in [1.54, 1.807) is 17.0 Å². The molecule has 1 aliphatic heterocycles. The number of aromatic nitrogens is 2. The van der Waals surface area contributed by atoms with E-state index in [0.29, 0.717) is 15.7 Å². The predicted octanol–water partition coefficient (Wildman–Crippen LogP) is 4.59. The van der Waals surface area contributed by atoms with Crippen molar-refractivity contribution in [2.24, 2.45) is 0 Å². The Balaban J connectivity index is 1.66. The van der Waals surface area contributed by atoms with Crippen LogP contribution in [0.1, 0.15) is 40.6 Å². The minimum Gasteiger partial charge on any atom is -0.340 e. The summed E-state index contributed by atoms with van der Waals surface area (Å²) in [5.41, 5.74) is 3.43. The van der Waals surface area contributed by atoms with Gasteiger partial charge in [-0.05, 0) is 78.3 Å². The molecule has 1 unspecified atom stereocenters. The number of hydrogen-bond donors (Lipinski definition) is 1. The van der Waals surface area contributed by atoms with Crippen molar-refractivity contribution in [1.82, 2.24) is 14.9 Å². The predicted molar refractivity (Wildman–Crippen MR) is 103 cm³/mol. The van der Waals surface area contributed by atoms with Crippen LogP contribution in [0.3, 0.4) is 0 Å². The number of aromatic amines is 1. The number of benzene rings is 2. The molecule has 2 aromatic carbocycles. The van der Waals surface area contributed by atoms with Gasteiger partial charge in [0.1, 0.15) is 11.6 Å². The lowest BCUT2D eigenvalue weighted by Gasteiger charge is -2.23. The second-order valence-corrected chi connectivity index (χ2v) is 7.59. The summed E-state index contributed by atoms with van der Waals surface area (Å²) in [6, 6.07) is 10.6. The summed E-state index contributed by atoms with van der Waals surface area (Å²) in [6.45, 7) is 2.70. The fourth-order valence-corrected chi connectivity index (χ4v) is 3.73. The van der Waals surface area contributed by atoms with Crippen molar-refractivity contribution in [2.45, 2.75) is 25.8 Å². The first kappa shape index (κ1) is 16.5. The molecule has 1 aliphatic rings. The second-order valence-electron chi connectivity index (χ2n) is 6.43. The van der Waals surface area contributed by atoms with E-state index >= 15 is 0 Å². The standard InChI is InChI=1S/C19H17FIN3O/c1-11-4-7-15-16(9-11)23-18(22-15)17-3-2-8-24(17)19(25)12-5-6-14(21)13(20)10-12/h4-7,9-10,17H,2-3,8H2,1H3,(H,22,23). The van der Waals surface area contributed by atoms with Crippen molar-refractivity contribution in [3.8, 4) is 0 Å². The Morgan fingerprint density at radius 3 is 2.96 bits per heavy atom.